The van der Waals surface area contributed by atoms with Gasteiger partial charge < -0.3 is 4.90 Å². The van der Waals surface area contributed by atoms with Gasteiger partial charge in [-0.05, 0) is 86.1 Å². The summed E-state index contributed by atoms with van der Waals surface area (Å²) in [5.41, 5.74) is 2.76. The number of halogens is 1. The number of piperidine rings is 1. The van der Waals surface area contributed by atoms with E-state index in [0.717, 1.165) is 19.3 Å². The molecule has 0 spiro atoms. The van der Waals surface area contributed by atoms with Gasteiger partial charge in [0.15, 0.2) is 0 Å². The van der Waals surface area contributed by atoms with Crippen molar-refractivity contribution >= 4 is 33.2 Å². The van der Waals surface area contributed by atoms with Crippen LogP contribution in [0.1, 0.15) is 53.4 Å². The van der Waals surface area contributed by atoms with Crippen LogP contribution in [-0.4, -0.2) is 41.7 Å². The Labute approximate surface area is 251 Å². The number of hydrogen-bond donors (Lipinski definition) is 1. The molecule has 1 N–H and O–H groups in total. The fraction of sp³-hybridized carbons (Fsp3) is 0.312. The molecule has 0 bridgehead atoms. The molecule has 3 aromatic carbocycles. The van der Waals surface area contributed by atoms with E-state index in [2.05, 4.69) is 23.8 Å². The zero-order valence-corrected chi connectivity index (χ0v) is 25.8. The maximum Gasteiger partial charge on any atom is 0.296 e. The van der Waals surface area contributed by atoms with Crippen LogP contribution in [0.25, 0.3) is 5.69 Å². The highest BCUT2D eigenvalue weighted by atomic mass is 35.5. The Bertz CT molecular complexity index is 1790. The molecule has 8 nitrogen and oxygen atoms in total. The largest absolute Gasteiger partial charge is 0.339 e. The number of amides is 1. The molecular formula is C32H35ClN4O4S. The lowest BCUT2D eigenvalue weighted by atomic mass is 9.71. The van der Waals surface area contributed by atoms with E-state index in [0.29, 0.717) is 40.6 Å². The van der Waals surface area contributed by atoms with Gasteiger partial charge in [0.2, 0.25) is 0 Å². The fourth-order valence-electron chi connectivity index (χ4n) is 5.84. The van der Waals surface area contributed by atoms with E-state index in [9.17, 15) is 18.0 Å². The molecule has 0 radical (unpaired) electrons. The smallest absolute Gasteiger partial charge is 0.296 e. The first-order valence-electron chi connectivity index (χ1n) is 14.0. The van der Waals surface area contributed by atoms with Crippen LogP contribution in [0.4, 0.5) is 5.69 Å². The number of nitrogens with zero attached hydrogens (tertiary/aromatic N) is 3. The van der Waals surface area contributed by atoms with Gasteiger partial charge in [-0.15, -0.1) is 0 Å². The summed E-state index contributed by atoms with van der Waals surface area (Å²) in [5.74, 6) is -0.201. The molecule has 42 heavy (non-hydrogen) atoms. The highest BCUT2D eigenvalue weighted by Crippen LogP contribution is 2.39. The van der Waals surface area contributed by atoms with E-state index in [4.69, 9.17) is 11.6 Å². The van der Waals surface area contributed by atoms with E-state index < -0.39 is 15.6 Å². The highest BCUT2D eigenvalue weighted by molar-refractivity contribution is 7.92. The average Bonchev–Trinajstić information content (AvgIpc) is 3.20. The number of carbonyl (C=O) groups is 1. The van der Waals surface area contributed by atoms with E-state index in [1.807, 2.05) is 18.2 Å². The van der Waals surface area contributed by atoms with Gasteiger partial charge in [-0.3, -0.25) is 19.0 Å². The number of benzene rings is 3. The Hall–Kier alpha value is -3.82. The van der Waals surface area contributed by atoms with Gasteiger partial charge in [0, 0.05) is 30.7 Å². The number of hydrogen-bond acceptors (Lipinski definition) is 4. The van der Waals surface area contributed by atoms with Crippen LogP contribution in [0.5, 0.6) is 0 Å². The van der Waals surface area contributed by atoms with Crippen LogP contribution in [0.3, 0.4) is 0 Å². The third-order valence-electron chi connectivity index (χ3n) is 8.68. The van der Waals surface area contributed by atoms with Crippen molar-refractivity contribution in [1.82, 2.24) is 14.3 Å². The van der Waals surface area contributed by atoms with Gasteiger partial charge in [-0.25, -0.2) is 13.1 Å². The lowest BCUT2D eigenvalue weighted by Crippen LogP contribution is -2.45. The first-order valence-corrected chi connectivity index (χ1v) is 15.9. The number of carbonyl (C=O) groups excluding carboxylic acids is 1. The predicted octanol–water partition coefficient (Wildman–Crippen LogP) is 5.83. The topological polar surface area (TPSA) is 93.4 Å². The summed E-state index contributed by atoms with van der Waals surface area (Å²) in [4.78, 5) is 28.7. The number of anilines is 1. The van der Waals surface area contributed by atoms with Crippen molar-refractivity contribution in [2.24, 2.45) is 7.05 Å². The lowest BCUT2D eigenvalue weighted by Gasteiger charge is -2.42. The third kappa shape index (κ3) is 5.39. The van der Waals surface area contributed by atoms with E-state index >= 15 is 0 Å². The van der Waals surface area contributed by atoms with Crippen LogP contribution in [0.15, 0.2) is 82.5 Å². The molecule has 1 aromatic heterocycles. The first-order chi connectivity index (χ1) is 20.0. The predicted molar refractivity (Wildman–Crippen MR) is 166 cm³/mol. The normalized spacial score (nSPS) is 15.0. The second-order valence-electron chi connectivity index (χ2n) is 11.0. The molecule has 1 aliphatic rings. The van der Waals surface area contributed by atoms with Gasteiger partial charge in [-0.1, -0.05) is 54.9 Å². The minimum Gasteiger partial charge on any atom is -0.339 e. The number of rotatable bonds is 7. The molecule has 220 valence electrons. The standard InChI is InChI=1S/C32H35ClN4O4S/c1-5-32(24-12-14-25(33)15-13-24)17-19-36(20-18-32)30(38)28-21-27(16-11-22(28)2)42(40,41)34-29-23(3)35(4)37(31(29)39)26-9-7-6-8-10-26/h6-16,21,34H,5,17-20H2,1-4H3. The maximum atomic E-state index is 13.7. The van der Waals surface area contributed by atoms with Gasteiger partial charge in [0.05, 0.1) is 16.3 Å². The molecule has 5 rings (SSSR count). The summed E-state index contributed by atoms with van der Waals surface area (Å²) < 4.78 is 32.6. The number of nitrogens with one attached hydrogen (secondary N) is 1. The van der Waals surface area contributed by atoms with Gasteiger partial charge in [0.1, 0.15) is 5.69 Å². The average molecular weight is 607 g/mol. The van der Waals surface area contributed by atoms with Crippen LogP contribution in [-0.2, 0) is 22.5 Å². The molecule has 0 saturated carbocycles. The SMILES string of the molecule is CCC1(c2ccc(Cl)cc2)CCN(C(=O)c2cc(S(=O)(=O)Nc3c(C)n(C)n(-c4ccccc4)c3=O)ccc2C)CC1. The van der Waals surface area contributed by atoms with E-state index in [1.54, 1.807) is 60.8 Å². The molecule has 4 aromatic rings. The number of para-hydroxylation sites is 1. The molecule has 0 unspecified atom stereocenters. The number of aryl methyl sites for hydroxylation is 1. The quantitative estimate of drug-likeness (QED) is 0.286. The fourth-order valence-corrected chi connectivity index (χ4v) is 7.10. The third-order valence-corrected chi connectivity index (χ3v) is 10.3. The van der Waals surface area contributed by atoms with Crippen molar-refractivity contribution in [3.63, 3.8) is 0 Å². The number of sulfonamides is 1. The van der Waals surface area contributed by atoms with Crippen molar-refractivity contribution < 1.29 is 13.2 Å². The lowest BCUT2D eigenvalue weighted by molar-refractivity contribution is 0.0661. The molecule has 1 fully saturated rings. The van der Waals surface area contributed by atoms with Gasteiger partial charge in [-0.2, -0.15) is 0 Å². The summed E-state index contributed by atoms with van der Waals surface area (Å²) in [5, 5.41) is 0.696. The molecule has 0 atom stereocenters. The summed E-state index contributed by atoms with van der Waals surface area (Å²) >= 11 is 6.11. The molecule has 1 saturated heterocycles. The molecule has 1 amide bonds. The summed E-state index contributed by atoms with van der Waals surface area (Å²) in [7, 11) is -2.47. The maximum absolute atomic E-state index is 13.7. The Morgan fingerprint density at radius 2 is 1.62 bits per heavy atom. The molecular weight excluding hydrogens is 572 g/mol. The van der Waals surface area contributed by atoms with Crippen LogP contribution >= 0.6 is 11.6 Å². The van der Waals surface area contributed by atoms with Crippen molar-refractivity contribution in [3.8, 4) is 5.69 Å². The molecule has 2 heterocycles. The van der Waals surface area contributed by atoms with Crippen LogP contribution in [0.2, 0.25) is 5.02 Å². The molecule has 1 aliphatic heterocycles. The van der Waals surface area contributed by atoms with Crippen LogP contribution < -0.4 is 10.3 Å². The van der Waals surface area contributed by atoms with Crippen molar-refractivity contribution in [1.29, 1.82) is 0 Å². The zero-order valence-electron chi connectivity index (χ0n) is 24.2. The second-order valence-corrected chi connectivity index (χ2v) is 13.1. The van der Waals surface area contributed by atoms with Crippen molar-refractivity contribution in [2.45, 2.75) is 50.3 Å². The van der Waals surface area contributed by atoms with Crippen molar-refractivity contribution in [3.05, 3.63) is 111 Å². The Kier molecular flexibility index (Phi) is 8.09. The zero-order chi connectivity index (χ0) is 30.2. The summed E-state index contributed by atoms with van der Waals surface area (Å²) in [6.07, 6.45) is 2.55. The minimum absolute atomic E-state index is 0.0360. The van der Waals surface area contributed by atoms with Gasteiger partial charge in [0.25, 0.3) is 21.5 Å². The van der Waals surface area contributed by atoms with Crippen LogP contribution in [0, 0.1) is 13.8 Å². The Morgan fingerprint density at radius 1 is 0.976 bits per heavy atom. The Morgan fingerprint density at radius 3 is 2.24 bits per heavy atom. The molecule has 0 aliphatic carbocycles. The second kappa shape index (κ2) is 11.5. The molecule has 10 heteroatoms. The first kappa shape index (κ1) is 29.7. The summed E-state index contributed by atoms with van der Waals surface area (Å²) in [6.45, 7) is 6.77. The minimum atomic E-state index is -4.17. The number of aromatic nitrogens is 2. The highest BCUT2D eigenvalue weighted by Gasteiger charge is 2.36. The van der Waals surface area contributed by atoms with E-state index in [1.165, 1.54) is 22.4 Å². The van der Waals surface area contributed by atoms with Gasteiger partial charge >= 0.3 is 0 Å². The van der Waals surface area contributed by atoms with E-state index in [-0.39, 0.29) is 21.9 Å². The number of likely N-dealkylation sites (tertiary alicyclic amines) is 1. The Balaban J connectivity index is 1.39. The van der Waals surface area contributed by atoms with Crippen molar-refractivity contribution in [2.75, 3.05) is 17.8 Å². The monoisotopic (exact) mass is 606 g/mol. The summed E-state index contributed by atoms with van der Waals surface area (Å²) in [6, 6.07) is 21.5.